The molecule has 0 heterocycles. The Hall–Kier alpha value is -3.80. The molecule has 0 saturated carbocycles. The van der Waals surface area contributed by atoms with Crippen molar-refractivity contribution in [3.05, 3.63) is 63.2 Å². The van der Waals surface area contributed by atoms with Crippen LogP contribution in [0.2, 0.25) is 5.02 Å². The topological polar surface area (TPSA) is 137 Å². The highest BCUT2D eigenvalue weighted by Crippen LogP contribution is 2.26. The number of carbonyl (C=O) groups is 3. The largest absolute Gasteiger partial charge is 0.451 e. The molecular weight excluding hydrogens is 456 g/mol. The van der Waals surface area contributed by atoms with Gasteiger partial charge in [-0.15, -0.1) is 0 Å². The van der Waals surface area contributed by atoms with E-state index < -0.39 is 47.7 Å². The van der Waals surface area contributed by atoms with E-state index >= 15 is 0 Å². The lowest BCUT2D eigenvalue weighted by Crippen LogP contribution is -2.36. The minimum atomic E-state index is -3.10. The Morgan fingerprint density at radius 1 is 1.19 bits per heavy atom. The molecule has 0 aliphatic heterocycles. The number of halogens is 3. The van der Waals surface area contributed by atoms with Crippen molar-refractivity contribution in [1.29, 1.82) is 0 Å². The van der Waals surface area contributed by atoms with Gasteiger partial charge in [0.1, 0.15) is 17.3 Å². The van der Waals surface area contributed by atoms with Crippen LogP contribution in [0.1, 0.15) is 17.3 Å². The summed E-state index contributed by atoms with van der Waals surface area (Å²) in [6.07, 6.45) is -1.34. The first-order chi connectivity index (χ1) is 15.1. The van der Waals surface area contributed by atoms with Gasteiger partial charge in [-0.2, -0.15) is 8.78 Å². The van der Waals surface area contributed by atoms with Gasteiger partial charge < -0.3 is 20.1 Å². The third-order valence-corrected chi connectivity index (χ3v) is 4.16. The van der Waals surface area contributed by atoms with Crippen molar-refractivity contribution in [2.75, 3.05) is 11.9 Å². The van der Waals surface area contributed by atoms with Crippen molar-refractivity contribution < 1.29 is 37.6 Å². The predicted molar refractivity (Wildman–Crippen MR) is 108 cm³/mol. The number of nitrogens with zero attached hydrogens (tertiary/aromatic N) is 1. The third-order valence-electron chi connectivity index (χ3n) is 3.84. The summed E-state index contributed by atoms with van der Waals surface area (Å²) in [7, 11) is 0. The predicted octanol–water partition coefficient (Wildman–Crippen LogP) is 3.15. The van der Waals surface area contributed by atoms with Crippen molar-refractivity contribution in [3.63, 3.8) is 0 Å². The number of hydrogen-bond acceptors (Lipinski definition) is 7. The highest BCUT2D eigenvalue weighted by molar-refractivity contribution is 6.32. The molecule has 2 aromatic carbocycles. The van der Waals surface area contributed by atoms with E-state index in [1.807, 2.05) is 0 Å². The minimum absolute atomic E-state index is 0.0571. The van der Waals surface area contributed by atoms with Gasteiger partial charge in [0.2, 0.25) is 0 Å². The van der Waals surface area contributed by atoms with Crippen LogP contribution in [0.25, 0.3) is 0 Å². The fourth-order valence-electron chi connectivity index (χ4n) is 2.34. The lowest BCUT2D eigenvalue weighted by molar-refractivity contribution is -0.384. The molecule has 0 bridgehead atoms. The van der Waals surface area contributed by atoms with Crippen molar-refractivity contribution >= 4 is 40.8 Å². The number of para-hydroxylation sites is 2. The second-order valence-corrected chi connectivity index (χ2v) is 6.51. The van der Waals surface area contributed by atoms with Crippen LogP contribution >= 0.6 is 11.6 Å². The number of benzene rings is 2. The number of nitro groups is 1. The molecule has 0 aliphatic carbocycles. The van der Waals surface area contributed by atoms with Gasteiger partial charge in [0, 0.05) is 11.6 Å². The molecule has 0 aromatic heterocycles. The minimum Gasteiger partial charge on any atom is -0.451 e. The standard InChI is InChI=1S/C19H16ClF2N3O7/c1-10(17(27)24-13-4-2-3-5-15(13)32-19(21)22)31-16(26)9-23-18(28)11-6-7-12(20)14(8-11)25(29)30/h2-8,10,19H,9H2,1H3,(H,23,28)(H,24,27). The SMILES string of the molecule is CC(OC(=O)CNC(=O)c1ccc(Cl)c([N+](=O)[O-])c1)C(=O)Nc1ccccc1OC(F)F. The molecular formula is C19H16ClF2N3O7. The second-order valence-electron chi connectivity index (χ2n) is 6.10. The van der Waals surface area contributed by atoms with E-state index in [1.54, 1.807) is 0 Å². The number of rotatable bonds is 9. The number of ether oxygens (including phenoxy) is 2. The van der Waals surface area contributed by atoms with E-state index in [2.05, 4.69) is 15.4 Å². The van der Waals surface area contributed by atoms with Gasteiger partial charge in [0.15, 0.2) is 6.10 Å². The number of anilines is 1. The van der Waals surface area contributed by atoms with E-state index in [0.717, 1.165) is 12.1 Å². The molecule has 2 rings (SSSR count). The summed E-state index contributed by atoms with van der Waals surface area (Å²) >= 11 is 5.67. The first-order valence-electron chi connectivity index (χ1n) is 8.84. The quantitative estimate of drug-likeness (QED) is 0.325. The molecule has 1 unspecified atom stereocenters. The van der Waals surface area contributed by atoms with E-state index in [0.29, 0.717) is 0 Å². The van der Waals surface area contributed by atoms with Crippen molar-refractivity contribution in [1.82, 2.24) is 5.32 Å². The van der Waals surface area contributed by atoms with E-state index in [4.69, 9.17) is 16.3 Å². The zero-order valence-corrected chi connectivity index (χ0v) is 17.1. The maximum Gasteiger partial charge on any atom is 0.387 e. The zero-order valence-electron chi connectivity index (χ0n) is 16.3. The second kappa shape index (κ2) is 11.0. The van der Waals surface area contributed by atoms with Crippen molar-refractivity contribution in [2.24, 2.45) is 0 Å². The van der Waals surface area contributed by atoms with Gasteiger partial charge >= 0.3 is 12.6 Å². The first kappa shape index (κ1) is 24.5. The van der Waals surface area contributed by atoms with Gasteiger partial charge in [-0.1, -0.05) is 23.7 Å². The van der Waals surface area contributed by atoms with E-state index in [9.17, 15) is 33.3 Å². The average molecular weight is 472 g/mol. The highest BCUT2D eigenvalue weighted by atomic mass is 35.5. The van der Waals surface area contributed by atoms with Gasteiger partial charge in [-0.05, 0) is 31.2 Å². The summed E-state index contributed by atoms with van der Waals surface area (Å²) in [5, 5.41) is 15.2. The lowest BCUT2D eigenvalue weighted by atomic mass is 10.2. The summed E-state index contributed by atoms with van der Waals surface area (Å²) in [6, 6.07) is 8.76. The number of alkyl halides is 2. The molecule has 0 aliphatic rings. The number of hydrogen-bond donors (Lipinski definition) is 2. The molecule has 0 spiro atoms. The summed E-state index contributed by atoms with van der Waals surface area (Å²) in [6.45, 7) is -2.51. The van der Waals surface area contributed by atoms with Crippen LogP contribution in [0.5, 0.6) is 5.75 Å². The van der Waals surface area contributed by atoms with Crippen LogP contribution in [-0.2, 0) is 14.3 Å². The Morgan fingerprint density at radius 2 is 1.88 bits per heavy atom. The van der Waals surface area contributed by atoms with E-state index in [1.165, 1.54) is 37.3 Å². The van der Waals surface area contributed by atoms with Gasteiger partial charge in [-0.25, -0.2) is 0 Å². The van der Waals surface area contributed by atoms with Gasteiger partial charge in [0.25, 0.3) is 17.5 Å². The van der Waals surface area contributed by atoms with Crippen molar-refractivity contribution in [3.8, 4) is 5.75 Å². The monoisotopic (exact) mass is 471 g/mol. The number of carbonyl (C=O) groups excluding carboxylic acids is 3. The van der Waals surface area contributed by atoms with Crippen LogP contribution in [0.4, 0.5) is 20.2 Å². The van der Waals surface area contributed by atoms with Crippen LogP contribution in [0, 0.1) is 10.1 Å². The highest BCUT2D eigenvalue weighted by Gasteiger charge is 2.21. The summed E-state index contributed by atoms with van der Waals surface area (Å²) in [4.78, 5) is 46.3. The van der Waals surface area contributed by atoms with Gasteiger partial charge in [0.05, 0.1) is 10.6 Å². The first-order valence-corrected chi connectivity index (χ1v) is 9.22. The van der Waals surface area contributed by atoms with Crippen LogP contribution in [0.15, 0.2) is 42.5 Å². The number of amides is 2. The van der Waals surface area contributed by atoms with Crippen LogP contribution in [-0.4, -0.2) is 42.0 Å². The third kappa shape index (κ3) is 6.87. The van der Waals surface area contributed by atoms with E-state index in [-0.39, 0.29) is 22.0 Å². The molecule has 13 heteroatoms. The summed E-state index contributed by atoms with van der Waals surface area (Å²) in [5.74, 6) is -2.90. The number of nitrogens with one attached hydrogen (secondary N) is 2. The molecule has 1 atom stereocenters. The van der Waals surface area contributed by atoms with Crippen molar-refractivity contribution in [2.45, 2.75) is 19.6 Å². The normalized spacial score (nSPS) is 11.4. The fraction of sp³-hybridized carbons (Fsp3) is 0.211. The maximum absolute atomic E-state index is 12.4. The Balaban J connectivity index is 1.90. The summed E-state index contributed by atoms with van der Waals surface area (Å²) in [5.41, 5.74) is -0.656. The fourth-order valence-corrected chi connectivity index (χ4v) is 2.53. The molecule has 2 aromatic rings. The zero-order chi connectivity index (χ0) is 23.8. The Morgan fingerprint density at radius 3 is 2.53 bits per heavy atom. The Labute approximate surface area is 184 Å². The molecule has 170 valence electrons. The molecule has 0 radical (unpaired) electrons. The van der Waals surface area contributed by atoms with Crippen LogP contribution in [0.3, 0.4) is 0 Å². The molecule has 2 amide bonds. The summed E-state index contributed by atoms with van der Waals surface area (Å²) < 4.78 is 34.1. The molecule has 10 nitrogen and oxygen atoms in total. The molecule has 32 heavy (non-hydrogen) atoms. The van der Waals surface area contributed by atoms with Gasteiger partial charge in [-0.3, -0.25) is 24.5 Å². The number of nitro benzene ring substituents is 1. The number of esters is 1. The van der Waals surface area contributed by atoms with Crippen LogP contribution < -0.4 is 15.4 Å². The Bertz CT molecular complexity index is 1040. The average Bonchev–Trinajstić information content (AvgIpc) is 2.73. The molecule has 2 N–H and O–H groups in total. The maximum atomic E-state index is 12.4. The lowest BCUT2D eigenvalue weighted by Gasteiger charge is -2.16. The molecule has 0 saturated heterocycles. The Kier molecular flexibility index (Phi) is 8.41. The molecule has 0 fully saturated rings. The smallest absolute Gasteiger partial charge is 0.387 e.